The second-order valence-electron chi connectivity index (χ2n) is 4.29. The molecule has 2 nitrogen and oxygen atoms in total. The first-order valence-electron chi connectivity index (χ1n) is 5.12. The fourth-order valence-electron chi connectivity index (χ4n) is 1.58. The number of pyridine rings is 1. The zero-order valence-electron chi connectivity index (χ0n) is 9.44. The first-order valence-corrected chi connectivity index (χ1v) is 5.12. The third-order valence-corrected chi connectivity index (χ3v) is 3.05. The summed E-state index contributed by atoms with van der Waals surface area (Å²) in [5.74, 6) is 0. The lowest BCUT2D eigenvalue weighted by Crippen LogP contribution is -2.36. The van der Waals surface area contributed by atoms with E-state index in [0.29, 0.717) is 0 Å². The highest BCUT2D eigenvalue weighted by atomic mass is 15.1. The summed E-state index contributed by atoms with van der Waals surface area (Å²) in [6, 6.07) is 2.04. The van der Waals surface area contributed by atoms with Crippen molar-refractivity contribution in [2.24, 2.45) is 0 Å². The number of hydrogen-bond donors (Lipinski definition) is 0. The van der Waals surface area contributed by atoms with E-state index >= 15 is 0 Å². The van der Waals surface area contributed by atoms with Gasteiger partial charge in [-0.2, -0.15) is 0 Å². The van der Waals surface area contributed by atoms with E-state index in [1.807, 2.05) is 18.5 Å². The minimum atomic E-state index is -0.0149. The molecule has 0 N–H and O–H groups in total. The van der Waals surface area contributed by atoms with Gasteiger partial charge in [0.15, 0.2) is 0 Å². The number of aromatic nitrogens is 1. The van der Waals surface area contributed by atoms with Gasteiger partial charge >= 0.3 is 0 Å². The second-order valence-corrected chi connectivity index (χ2v) is 4.29. The largest absolute Gasteiger partial charge is 0.297 e. The smallest absolute Gasteiger partial charge is 0.0548 e. The molecule has 0 saturated carbocycles. The Bertz CT molecular complexity index is 383. The standard InChI is InChI=1S/C13H16N2/c1-13(15(2)3)7-4-11-6-9-14-10-12(11)5-8-13/h4-10H,1-3H3. The Balaban J connectivity index is 2.46. The molecule has 1 aromatic heterocycles. The normalized spacial score (nSPS) is 24.0. The molecule has 1 aromatic rings. The third kappa shape index (κ3) is 1.85. The van der Waals surface area contributed by atoms with Crippen molar-refractivity contribution in [1.82, 2.24) is 9.88 Å². The molecule has 0 amide bonds. The molecular weight excluding hydrogens is 184 g/mol. The molecule has 0 saturated heterocycles. The molecule has 1 aliphatic rings. The molecule has 2 heteroatoms. The first kappa shape index (κ1) is 10.1. The molecule has 2 rings (SSSR count). The number of fused-ring (bicyclic) bond motifs is 1. The summed E-state index contributed by atoms with van der Waals surface area (Å²) in [5.41, 5.74) is 2.39. The topological polar surface area (TPSA) is 16.1 Å². The van der Waals surface area contributed by atoms with Crippen LogP contribution in [0.15, 0.2) is 30.6 Å². The minimum Gasteiger partial charge on any atom is -0.297 e. The molecule has 0 aromatic carbocycles. The van der Waals surface area contributed by atoms with Gasteiger partial charge < -0.3 is 0 Å². The van der Waals surface area contributed by atoms with Crippen molar-refractivity contribution < 1.29 is 0 Å². The molecule has 0 spiro atoms. The van der Waals surface area contributed by atoms with Gasteiger partial charge in [0.1, 0.15) is 0 Å². The summed E-state index contributed by atoms with van der Waals surface area (Å²) in [5, 5.41) is 0. The first-order chi connectivity index (χ1) is 7.12. The fraction of sp³-hybridized carbons (Fsp3) is 0.308. The van der Waals surface area contributed by atoms with Crippen LogP contribution in [0.3, 0.4) is 0 Å². The molecule has 1 aliphatic carbocycles. The molecule has 0 fully saturated rings. The van der Waals surface area contributed by atoms with Crippen LogP contribution in [0.4, 0.5) is 0 Å². The Labute approximate surface area is 90.9 Å². The van der Waals surface area contributed by atoms with E-state index in [9.17, 15) is 0 Å². The summed E-state index contributed by atoms with van der Waals surface area (Å²) >= 11 is 0. The fourth-order valence-corrected chi connectivity index (χ4v) is 1.58. The van der Waals surface area contributed by atoms with Crippen molar-refractivity contribution in [2.75, 3.05) is 14.1 Å². The average molecular weight is 200 g/mol. The minimum absolute atomic E-state index is 0.0149. The maximum absolute atomic E-state index is 4.13. The maximum atomic E-state index is 4.13. The molecular formula is C13H16N2. The average Bonchev–Trinajstić information content (AvgIpc) is 2.40. The van der Waals surface area contributed by atoms with E-state index in [0.717, 1.165) is 0 Å². The van der Waals surface area contributed by atoms with E-state index in [1.54, 1.807) is 0 Å². The van der Waals surface area contributed by atoms with Crippen molar-refractivity contribution in [2.45, 2.75) is 12.5 Å². The van der Waals surface area contributed by atoms with Gasteiger partial charge in [0.05, 0.1) is 5.54 Å². The van der Waals surface area contributed by atoms with Crippen LogP contribution in [0.5, 0.6) is 0 Å². The molecule has 0 aliphatic heterocycles. The number of hydrogen-bond acceptors (Lipinski definition) is 2. The quantitative estimate of drug-likeness (QED) is 0.692. The molecule has 1 atom stereocenters. The van der Waals surface area contributed by atoms with Crippen molar-refractivity contribution in [3.8, 4) is 0 Å². The van der Waals surface area contributed by atoms with Gasteiger partial charge in [0.2, 0.25) is 0 Å². The number of likely N-dealkylation sites (N-methyl/N-ethyl adjacent to an activating group) is 1. The Morgan fingerprint density at radius 2 is 1.80 bits per heavy atom. The van der Waals surface area contributed by atoms with Gasteiger partial charge in [-0.25, -0.2) is 0 Å². The Kier molecular flexibility index (Phi) is 2.45. The lowest BCUT2D eigenvalue weighted by atomic mass is 10.0. The van der Waals surface area contributed by atoms with Crippen LogP contribution in [0.2, 0.25) is 0 Å². The highest BCUT2D eigenvalue weighted by molar-refractivity contribution is 5.68. The van der Waals surface area contributed by atoms with Crippen molar-refractivity contribution in [3.63, 3.8) is 0 Å². The monoisotopic (exact) mass is 200 g/mol. The van der Waals surface area contributed by atoms with Crippen LogP contribution in [0.25, 0.3) is 12.2 Å². The summed E-state index contributed by atoms with van der Waals surface area (Å²) in [6.45, 7) is 2.19. The second kappa shape index (κ2) is 3.63. The van der Waals surface area contributed by atoms with E-state index in [2.05, 4.69) is 55.2 Å². The molecule has 0 bridgehead atoms. The van der Waals surface area contributed by atoms with Crippen molar-refractivity contribution in [1.29, 1.82) is 0 Å². The number of nitrogens with zero attached hydrogens (tertiary/aromatic N) is 2. The highest BCUT2D eigenvalue weighted by Gasteiger charge is 2.21. The van der Waals surface area contributed by atoms with E-state index < -0.39 is 0 Å². The van der Waals surface area contributed by atoms with Crippen molar-refractivity contribution in [3.05, 3.63) is 41.7 Å². The molecule has 0 radical (unpaired) electrons. The van der Waals surface area contributed by atoms with Crippen LogP contribution in [-0.2, 0) is 0 Å². The lowest BCUT2D eigenvalue weighted by molar-refractivity contribution is 0.287. The van der Waals surface area contributed by atoms with Crippen LogP contribution < -0.4 is 0 Å². The van der Waals surface area contributed by atoms with Gasteiger partial charge in [-0.15, -0.1) is 0 Å². The third-order valence-electron chi connectivity index (χ3n) is 3.05. The predicted molar refractivity (Wildman–Crippen MR) is 64.4 cm³/mol. The SMILES string of the molecule is CN(C)C1(C)C=Cc2ccncc2C=C1. The summed E-state index contributed by atoms with van der Waals surface area (Å²) < 4.78 is 0. The summed E-state index contributed by atoms with van der Waals surface area (Å²) in [6.07, 6.45) is 12.5. The molecule has 1 unspecified atom stereocenters. The van der Waals surface area contributed by atoms with E-state index in [-0.39, 0.29) is 5.54 Å². The maximum Gasteiger partial charge on any atom is 0.0548 e. The van der Waals surface area contributed by atoms with Gasteiger partial charge in [0, 0.05) is 12.4 Å². The predicted octanol–water partition coefficient (Wildman–Crippen LogP) is 2.44. The Hall–Kier alpha value is -1.41. The zero-order chi connectivity index (χ0) is 10.9. The van der Waals surface area contributed by atoms with Gasteiger partial charge in [-0.1, -0.05) is 24.3 Å². The Morgan fingerprint density at radius 1 is 1.13 bits per heavy atom. The Morgan fingerprint density at radius 3 is 2.47 bits per heavy atom. The number of rotatable bonds is 1. The van der Waals surface area contributed by atoms with Gasteiger partial charge in [0.25, 0.3) is 0 Å². The molecule has 15 heavy (non-hydrogen) atoms. The van der Waals surface area contributed by atoms with Crippen LogP contribution >= 0.6 is 0 Å². The zero-order valence-corrected chi connectivity index (χ0v) is 9.44. The van der Waals surface area contributed by atoms with Crippen LogP contribution in [0.1, 0.15) is 18.1 Å². The highest BCUT2D eigenvalue weighted by Crippen LogP contribution is 2.24. The summed E-state index contributed by atoms with van der Waals surface area (Å²) in [7, 11) is 4.17. The van der Waals surface area contributed by atoms with Crippen molar-refractivity contribution >= 4 is 12.2 Å². The van der Waals surface area contributed by atoms with Gasteiger partial charge in [-0.05, 0) is 38.2 Å². The van der Waals surface area contributed by atoms with Crippen LogP contribution in [-0.4, -0.2) is 29.5 Å². The lowest BCUT2D eigenvalue weighted by Gasteiger charge is -2.29. The van der Waals surface area contributed by atoms with E-state index in [4.69, 9.17) is 0 Å². The van der Waals surface area contributed by atoms with E-state index in [1.165, 1.54) is 11.1 Å². The van der Waals surface area contributed by atoms with Crippen LogP contribution in [0, 0.1) is 0 Å². The molecule has 1 heterocycles. The van der Waals surface area contributed by atoms with Gasteiger partial charge in [-0.3, -0.25) is 9.88 Å². The summed E-state index contributed by atoms with van der Waals surface area (Å²) in [4.78, 5) is 6.33. The molecule has 78 valence electrons.